The molecule has 0 unspecified atom stereocenters. The average Bonchev–Trinajstić information content (AvgIpc) is 2.87. The number of nitrogens with one attached hydrogen (secondary N) is 1. The predicted octanol–water partition coefficient (Wildman–Crippen LogP) is 1.82. The summed E-state index contributed by atoms with van der Waals surface area (Å²) in [6.45, 7) is 5.40. The second-order valence-corrected chi connectivity index (χ2v) is 5.61. The molecule has 0 aliphatic heterocycles. The smallest absolute Gasteiger partial charge is 0.272 e. The van der Waals surface area contributed by atoms with E-state index in [0.29, 0.717) is 16.7 Å². The molecule has 0 saturated carbocycles. The van der Waals surface area contributed by atoms with E-state index < -0.39 is 0 Å². The number of hydrogen-bond donors (Lipinski definition) is 1. The van der Waals surface area contributed by atoms with Crippen LogP contribution in [0.1, 0.15) is 28.3 Å². The van der Waals surface area contributed by atoms with Crippen LogP contribution in [-0.2, 0) is 13.6 Å². The Morgan fingerprint density at radius 3 is 2.70 bits per heavy atom. The molecule has 108 valence electrons. The van der Waals surface area contributed by atoms with Crippen molar-refractivity contribution in [3.8, 4) is 0 Å². The lowest BCUT2D eigenvalue weighted by Gasteiger charge is -2.05. The van der Waals surface area contributed by atoms with Gasteiger partial charge < -0.3 is 5.32 Å². The van der Waals surface area contributed by atoms with Crippen LogP contribution in [0.2, 0.25) is 0 Å². The fourth-order valence-corrected chi connectivity index (χ4v) is 2.58. The fourth-order valence-electron chi connectivity index (χ4n) is 2.03. The molecule has 0 aromatic carbocycles. The SMILES string of the molecule is Cc1cc(C)n(CCCNC(=O)c2nn(C)cc2Br)n1. The van der Waals surface area contributed by atoms with Gasteiger partial charge in [-0.3, -0.25) is 14.2 Å². The van der Waals surface area contributed by atoms with Crippen molar-refractivity contribution < 1.29 is 4.79 Å². The number of aromatic nitrogens is 4. The fraction of sp³-hybridized carbons (Fsp3) is 0.462. The summed E-state index contributed by atoms with van der Waals surface area (Å²) < 4.78 is 4.27. The third kappa shape index (κ3) is 3.47. The highest BCUT2D eigenvalue weighted by atomic mass is 79.9. The molecule has 0 bridgehead atoms. The molecule has 2 heterocycles. The van der Waals surface area contributed by atoms with Gasteiger partial charge in [0.05, 0.1) is 10.2 Å². The van der Waals surface area contributed by atoms with Gasteiger partial charge in [0.15, 0.2) is 5.69 Å². The van der Waals surface area contributed by atoms with Gasteiger partial charge in [-0.1, -0.05) is 0 Å². The number of carbonyl (C=O) groups is 1. The van der Waals surface area contributed by atoms with Crippen LogP contribution in [0.15, 0.2) is 16.7 Å². The molecule has 0 radical (unpaired) electrons. The zero-order valence-electron chi connectivity index (χ0n) is 11.9. The molecule has 6 nitrogen and oxygen atoms in total. The Kier molecular flexibility index (Phi) is 4.59. The maximum Gasteiger partial charge on any atom is 0.272 e. The molecular formula is C13H18BrN5O. The molecule has 2 aromatic heterocycles. The first-order valence-electron chi connectivity index (χ1n) is 6.46. The quantitative estimate of drug-likeness (QED) is 0.845. The molecule has 7 heteroatoms. The highest BCUT2D eigenvalue weighted by molar-refractivity contribution is 9.10. The number of nitrogens with zero attached hydrogens (tertiary/aromatic N) is 4. The van der Waals surface area contributed by atoms with Gasteiger partial charge in [0.2, 0.25) is 0 Å². The van der Waals surface area contributed by atoms with Crippen molar-refractivity contribution in [2.24, 2.45) is 7.05 Å². The summed E-state index contributed by atoms with van der Waals surface area (Å²) in [7, 11) is 1.78. The third-order valence-corrected chi connectivity index (χ3v) is 3.52. The Morgan fingerprint density at radius 2 is 2.15 bits per heavy atom. The van der Waals surface area contributed by atoms with Gasteiger partial charge in [0.25, 0.3) is 5.91 Å². The van der Waals surface area contributed by atoms with E-state index in [1.807, 2.05) is 24.6 Å². The molecule has 0 spiro atoms. The second-order valence-electron chi connectivity index (χ2n) is 4.76. The molecule has 0 aliphatic carbocycles. The molecule has 0 fully saturated rings. The first kappa shape index (κ1) is 14.8. The molecular weight excluding hydrogens is 322 g/mol. The summed E-state index contributed by atoms with van der Waals surface area (Å²) >= 11 is 3.32. The van der Waals surface area contributed by atoms with Gasteiger partial charge in [-0.2, -0.15) is 10.2 Å². The Hall–Kier alpha value is -1.63. The Morgan fingerprint density at radius 1 is 1.40 bits per heavy atom. The molecule has 1 amide bonds. The standard InChI is InChI=1S/C13H18BrN5O/c1-9-7-10(2)19(16-9)6-4-5-15-13(20)12-11(14)8-18(3)17-12/h7-8H,4-6H2,1-3H3,(H,15,20). The lowest BCUT2D eigenvalue weighted by atomic mass is 10.3. The van der Waals surface area contributed by atoms with Crippen LogP contribution in [0, 0.1) is 13.8 Å². The molecule has 1 N–H and O–H groups in total. The molecule has 0 saturated heterocycles. The molecule has 2 rings (SSSR count). The van der Waals surface area contributed by atoms with Crippen LogP contribution in [0.5, 0.6) is 0 Å². The van der Waals surface area contributed by atoms with Crippen molar-refractivity contribution >= 4 is 21.8 Å². The highest BCUT2D eigenvalue weighted by Gasteiger charge is 2.13. The van der Waals surface area contributed by atoms with Crippen molar-refractivity contribution in [2.45, 2.75) is 26.8 Å². The van der Waals surface area contributed by atoms with E-state index in [4.69, 9.17) is 0 Å². The van der Waals surface area contributed by atoms with Crippen LogP contribution in [0.4, 0.5) is 0 Å². The predicted molar refractivity (Wildman–Crippen MR) is 79.6 cm³/mol. The van der Waals surface area contributed by atoms with E-state index in [2.05, 4.69) is 31.4 Å². The summed E-state index contributed by atoms with van der Waals surface area (Å²) in [5.74, 6) is -0.161. The van der Waals surface area contributed by atoms with Gasteiger partial charge in [0, 0.05) is 32.0 Å². The summed E-state index contributed by atoms with van der Waals surface area (Å²) in [5, 5.41) is 11.4. The van der Waals surface area contributed by atoms with E-state index >= 15 is 0 Å². The third-order valence-electron chi connectivity index (χ3n) is 2.93. The highest BCUT2D eigenvalue weighted by Crippen LogP contribution is 2.13. The van der Waals surface area contributed by atoms with Crippen LogP contribution < -0.4 is 5.32 Å². The van der Waals surface area contributed by atoms with E-state index in [9.17, 15) is 4.79 Å². The Bertz CT molecular complexity index is 616. The van der Waals surface area contributed by atoms with Crippen LogP contribution in [0.25, 0.3) is 0 Å². The second kappa shape index (κ2) is 6.21. The zero-order valence-corrected chi connectivity index (χ0v) is 13.4. The van der Waals surface area contributed by atoms with E-state index in [0.717, 1.165) is 24.4 Å². The monoisotopic (exact) mass is 339 g/mol. The first-order valence-corrected chi connectivity index (χ1v) is 7.25. The average molecular weight is 340 g/mol. The summed E-state index contributed by atoms with van der Waals surface area (Å²) in [4.78, 5) is 11.9. The number of carbonyl (C=O) groups excluding carboxylic acids is 1. The Balaban J connectivity index is 1.80. The van der Waals surface area contributed by atoms with Crippen LogP contribution in [0.3, 0.4) is 0 Å². The summed E-state index contributed by atoms with van der Waals surface area (Å²) in [6, 6.07) is 2.05. The molecule has 0 aliphatic rings. The number of amides is 1. The largest absolute Gasteiger partial charge is 0.351 e. The number of rotatable bonds is 5. The molecule has 0 atom stereocenters. The minimum absolute atomic E-state index is 0.161. The van der Waals surface area contributed by atoms with E-state index in [1.54, 1.807) is 17.9 Å². The minimum atomic E-state index is -0.161. The summed E-state index contributed by atoms with van der Waals surface area (Å²) in [6.07, 6.45) is 2.59. The van der Waals surface area contributed by atoms with E-state index in [1.165, 1.54) is 0 Å². The van der Waals surface area contributed by atoms with Crippen molar-refractivity contribution in [3.63, 3.8) is 0 Å². The van der Waals surface area contributed by atoms with Gasteiger partial charge in [0.1, 0.15) is 0 Å². The van der Waals surface area contributed by atoms with Crippen LogP contribution >= 0.6 is 15.9 Å². The van der Waals surface area contributed by atoms with Gasteiger partial charge in [-0.05, 0) is 42.3 Å². The van der Waals surface area contributed by atoms with Crippen molar-refractivity contribution in [1.82, 2.24) is 24.9 Å². The lowest BCUT2D eigenvalue weighted by molar-refractivity contribution is 0.0946. The van der Waals surface area contributed by atoms with Gasteiger partial charge in [-0.15, -0.1) is 0 Å². The Labute approximate surface area is 126 Å². The molecule has 2 aromatic rings. The molecule has 20 heavy (non-hydrogen) atoms. The summed E-state index contributed by atoms with van der Waals surface area (Å²) in [5.41, 5.74) is 2.57. The number of aryl methyl sites for hydroxylation is 4. The van der Waals surface area contributed by atoms with Gasteiger partial charge in [-0.25, -0.2) is 0 Å². The van der Waals surface area contributed by atoms with Crippen molar-refractivity contribution in [2.75, 3.05) is 6.54 Å². The maximum atomic E-state index is 11.9. The lowest BCUT2D eigenvalue weighted by Crippen LogP contribution is -2.26. The van der Waals surface area contributed by atoms with E-state index in [-0.39, 0.29) is 5.91 Å². The number of halogens is 1. The van der Waals surface area contributed by atoms with Crippen LogP contribution in [-0.4, -0.2) is 32.0 Å². The van der Waals surface area contributed by atoms with Crippen molar-refractivity contribution in [3.05, 3.63) is 33.8 Å². The normalized spacial score (nSPS) is 10.8. The van der Waals surface area contributed by atoms with Gasteiger partial charge >= 0.3 is 0 Å². The number of hydrogen-bond acceptors (Lipinski definition) is 3. The maximum absolute atomic E-state index is 11.9. The minimum Gasteiger partial charge on any atom is -0.351 e. The van der Waals surface area contributed by atoms with Crippen molar-refractivity contribution in [1.29, 1.82) is 0 Å². The zero-order chi connectivity index (χ0) is 14.7. The topological polar surface area (TPSA) is 64.7 Å². The first-order chi connectivity index (χ1) is 9.47.